The van der Waals surface area contributed by atoms with Crippen molar-refractivity contribution >= 4 is 5.78 Å². The molecule has 0 bridgehead atoms. The van der Waals surface area contributed by atoms with Crippen molar-refractivity contribution in [2.75, 3.05) is 6.61 Å². The van der Waals surface area contributed by atoms with Gasteiger partial charge in [-0.3, -0.25) is 4.79 Å². The molecule has 1 saturated carbocycles. The number of hydrogen-bond donors (Lipinski definition) is 0. The van der Waals surface area contributed by atoms with Crippen molar-refractivity contribution in [1.82, 2.24) is 10.1 Å². The minimum atomic E-state index is -0.182. The van der Waals surface area contributed by atoms with E-state index >= 15 is 0 Å². The van der Waals surface area contributed by atoms with Crippen LogP contribution in [0.3, 0.4) is 0 Å². The van der Waals surface area contributed by atoms with Crippen molar-refractivity contribution in [3.63, 3.8) is 0 Å². The molecular weight excluding hydrogens is 208 g/mol. The molecule has 2 rings (SSSR count). The van der Waals surface area contributed by atoms with Crippen LogP contribution in [0.15, 0.2) is 4.52 Å². The number of carbonyl (C=O) groups excluding carboxylic acids is 1. The first-order chi connectivity index (χ1) is 7.70. The van der Waals surface area contributed by atoms with E-state index in [-0.39, 0.29) is 24.2 Å². The summed E-state index contributed by atoms with van der Waals surface area (Å²) < 4.78 is 10.4. The molecule has 0 radical (unpaired) electrons. The Morgan fingerprint density at radius 3 is 3.00 bits per heavy atom. The number of nitrogens with zero attached hydrogens (tertiary/aromatic N) is 2. The smallest absolute Gasteiger partial charge is 0.234 e. The summed E-state index contributed by atoms with van der Waals surface area (Å²) in [6.45, 7) is 4.38. The molecule has 5 heteroatoms. The molecule has 0 spiro atoms. The molecule has 88 valence electrons. The van der Waals surface area contributed by atoms with Crippen LogP contribution in [-0.4, -0.2) is 22.5 Å². The Labute approximate surface area is 94.2 Å². The number of hydrogen-bond acceptors (Lipinski definition) is 5. The second kappa shape index (κ2) is 4.74. The number of ether oxygens (including phenoxy) is 1. The molecule has 1 aromatic rings. The first-order valence-electron chi connectivity index (χ1n) is 5.67. The van der Waals surface area contributed by atoms with Gasteiger partial charge in [0.15, 0.2) is 5.82 Å². The largest absolute Gasteiger partial charge is 0.371 e. The number of carbonyl (C=O) groups is 1. The Kier molecular flexibility index (Phi) is 3.33. The summed E-state index contributed by atoms with van der Waals surface area (Å²) in [5.41, 5.74) is 0. The van der Waals surface area contributed by atoms with E-state index in [0.29, 0.717) is 18.3 Å². The van der Waals surface area contributed by atoms with Gasteiger partial charge in [0, 0.05) is 12.5 Å². The summed E-state index contributed by atoms with van der Waals surface area (Å²) in [7, 11) is 0. The molecule has 1 heterocycles. The zero-order chi connectivity index (χ0) is 11.5. The van der Waals surface area contributed by atoms with Crippen molar-refractivity contribution in [1.29, 1.82) is 0 Å². The molecule has 0 N–H and O–H groups in total. The summed E-state index contributed by atoms with van der Waals surface area (Å²) >= 11 is 0. The van der Waals surface area contributed by atoms with Crippen LogP contribution in [0.2, 0.25) is 0 Å². The standard InChI is InChI=1S/C11H16N2O3/c1-3-15-7(2)11-12-10(16-13-11)6-9(14)8-4-5-8/h7-8H,3-6H2,1-2H3. The summed E-state index contributed by atoms with van der Waals surface area (Å²) in [5.74, 6) is 1.36. The van der Waals surface area contributed by atoms with Crippen LogP contribution < -0.4 is 0 Å². The Balaban J connectivity index is 1.93. The second-order valence-electron chi connectivity index (χ2n) is 4.06. The Morgan fingerprint density at radius 1 is 1.62 bits per heavy atom. The van der Waals surface area contributed by atoms with Crippen LogP contribution in [0.5, 0.6) is 0 Å². The van der Waals surface area contributed by atoms with Gasteiger partial charge < -0.3 is 9.26 Å². The highest BCUT2D eigenvalue weighted by Gasteiger charge is 2.30. The van der Waals surface area contributed by atoms with Crippen LogP contribution >= 0.6 is 0 Å². The van der Waals surface area contributed by atoms with Crippen molar-refractivity contribution in [3.8, 4) is 0 Å². The predicted octanol–water partition coefficient (Wildman–Crippen LogP) is 1.69. The molecule has 0 amide bonds. The number of rotatable bonds is 6. The highest BCUT2D eigenvalue weighted by atomic mass is 16.5. The Morgan fingerprint density at radius 2 is 2.38 bits per heavy atom. The quantitative estimate of drug-likeness (QED) is 0.735. The van der Waals surface area contributed by atoms with Gasteiger partial charge >= 0.3 is 0 Å². The van der Waals surface area contributed by atoms with Gasteiger partial charge in [0.25, 0.3) is 0 Å². The van der Waals surface area contributed by atoms with Crippen LogP contribution in [-0.2, 0) is 16.0 Å². The average Bonchev–Trinajstić information content (AvgIpc) is 3.00. The topological polar surface area (TPSA) is 65.2 Å². The van der Waals surface area contributed by atoms with E-state index in [1.165, 1.54) is 0 Å². The highest BCUT2D eigenvalue weighted by molar-refractivity contribution is 5.84. The lowest BCUT2D eigenvalue weighted by Gasteiger charge is -2.04. The maximum absolute atomic E-state index is 11.5. The zero-order valence-corrected chi connectivity index (χ0v) is 9.60. The SMILES string of the molecule is CCOC(C)c1noc(CC(=O)C2CC2)n1. The molecule has 1 aliphatic carbocycles. The van der Waals surface area contributed by atoms with Crippen LogP contribution in [0.25, 0.3) is 0 Å². The highest BCUT2D eigenvalue weighted by Crippen LogP contribution is 2.30. The van der Waals surface area contributed by atoms with Gasteiger partial charge in [-0.2, -0.15) is 4.98 Å². The van der Waals surface area contributed by atoms with E-state index in [0.717, 1.165) is 12.8 Å². The summed E-state index contributed by atoms with van der Waals surface area (Å²) in [6.07, 6.45) is 2.10. The van der Waals surface area contributed by atoms with E-state index < -0.39 is 0 Å². The maximum atomic E-state index is 11.5. The second-order valence-corrected chi connectivity index (χ2v) is 4.06. The maximum Gasteiger partial charge on any atom is 0.234 e. The van der Waals surface area contributed by atoms with Gasteiger partial charge in [0.2, 0.25) is 5.89 Å². The van der Waals surface area contributed by atoms with Crippen LogP contribution in [0.4, 0.5) is 0 Å². The third kappa shape index (κ3) is 2.66. The minimum Gasteiger partial charge on any atom is -0.371 e. The number of ketones is 1. The molecule has 16 heavy (non-hydrogen) atoms. The lowest BCUT2D eigenvalue weighted by molar-refractivity contribution is -0.119. The molecule has 5 nitrogen and oxygen atoms in total. The third-order valence-corrected chi connectivity index (χ3v) is 2.62. The lowest BCUT2D eigenvalue weighted by atomic mass is 10.2. The average molecular weight is 224 g/mol. The fourth-order valence-electron chi connectivity index (χ4n) is 1.53. The van der Waals surface area contributed by atoms with Crippen molar-refractivity contribution in [2.45, 2.75) is 39.2 Å². The first-order valence-corrected chi connectivity index (χ1v) is 5.67. The van der Waals surface area contributed by atoms with E-state index in [4.69, 9.17) is 9.26 Å². The van der Waals surface area contributed by atoms with Gasteiger partial charge in [-0.15, -0.1) is 0 Å². The fourth-order valence-corrected chi connectivity index (χ4v) is 1.53. The van der Waals surface area contributed by atoms with Crippen LogP contribution in [0, 0.1) is 5.92 Å². The number of Topliss-reactive ketones (excluding diaryl/α,β-unsaturated/α-hetero) is 1. The first kappa shape index (κ1) is 11.3. The van der Waals surface area contributed by atoms with Crippen molar-refractivity contribution in [2.24, 2.45) is 5.92 Å². The zero-order valence-electron chi connectivity index (χ0n) is 9.60. The van der Waals surface area contributed by atoms with Gasteiger partial charge in [-0.25, -0.2) is 0 Å². The van der Waals surface area contributed by atoms with Crippen molar-refractivity contribution in [3.05, 3.63) is 11.7 Å². The Hall–Kier alpha value is -1.23. The van der Waals surface area contributed by atoms with E-state index in [2.05, 4.69) is 10.1 Å². The van der Waals surface area contributed by atoms with Gasteiger partial charge in [-0.05, 0) is 26.7 Å². The van der Waals surface area contributed by atoms with E-state index in [9.17, 15) is 4.79 Å². The summed E-state index contributed by atoms with van der Waals surface area (Å²) in [5, 5.41) is 3.80. The molecule has 1 aliphatic rings. The van der Waals surface area contributed by atoms with E-state index in [1.807, 2.05) is 13.8 Å². The fraction of sp³-hybridized carbons (Fsp3) is 0.727. The van der Waals surface area contributed by atoms with Crippen molar-refractivity contribution < 1.29 is 14.1 Å². The molecule has 1 unspecified atom stereocenters. The van der Waals surface area contributed by atoms with Crippen LogP contribution in [0.1, 0.15) is 44.5 Å². The summed E-state index contributed by atoms with van der Waals surface area (Å²) in [6, 6.07) is 0. The van der Waals surface area contributed by atoms with Gasteiger partial charge in [0.1, 0.15) is 11.9 Å². The predicted molar refractivity (Wildman–Crippen MR) is 55.8 cm³/mol. The number of aromatic nitrogens is 2. The third-order valence-electron chi connectivity index (χ3n) is 2.62. The van der Waals surface area contributed by atoms with Gasteiger partial charge in [-0.1, -0.05) is 5.16 Å². The minimum absolute atomic E-state index is 0.182. The molecule has 1 atom stereocenters. The molecule has 0 aliphatic heterocycles. The lowest BCUT2D eigenvalue weighted by Crippen LogP contribution is -2.06. The molecule has 1 fully saturated rings. The molecule has 0 saturated heterocycles. The monoisotopic (exact) mass is 224 g/mol. The molecule has 1 aromatic heterocycles. The molecular formula is C11H16N2O3. The van der Waals surface area contributed by atoms with Gasteiger partial charge in [0.05, 0.1) is 6.42 Å². The molecule has 0 aromatic carbocycles. The normalized spacial score (nSPS) is 17.4. The van der Waals surface area contributed by atoms with E-state index in [1.54, 1.807) is 0 Å². The summed E-state index contributed by atoms with van der Waals surface area (Å²) in [4.78, 5) is 15.7. The Bertz CT molecular complexity index is 371.